The Labute approximate surface area is 105 Å². The molecule has 0 amide bonds. The zero-order valence-electron chi connectivity index (χ0n) is 10.1. The van der Waals surface area contributed by atoms with Crippen LogP contribution in [0.4, 0.5) is 0 Å². The Hall–Kier alpha value is -1.34. The Morgan fingerprint density at radius 3 is 2.06 bits per heavy atom. The minimum atomic E-state index is -3.52. The van der Waals surface area contributed by atoms with Gasteiger partial charge in [0.1, 0.15) is 11.3 Å². The zero-order chi connectivity index (χ0) is 13.7. The van der Waals surface area contributed by atoms with E-state index in [0.717, 1.165) is 12.5 Å². The molecule has 0 aliphatic rings. The zero-order valence-corrected chi connectivity index (χ0v) is 11.7. The Morgan fingerprint density at radius 2 is 1.56 bits per heavy atom. The lowest BCUT2D eigenvalue weighted by molar-refractivity contribution is 0.575. The van der Waals surface area contributed by atoms with E-state index in [4.69, 9.17) is 4.42 Å². The smallest absolute Gasteiger partial charge is 0.176 e. The van der Waals surface area contributed by atoms with E-state index in [2.05, 4.69) is 0 Å². The van der Waals surface area contributed by atoms with Crippen LogP contribution in [-0.4, -0.2) is 29.3 Å². The van der Waals surface area contributed by atoms with Crippen molar-refractivity contribution in [2.24, 2.45) is 0 Å². The van der Waals surface area contributed by atoms with E-state index in [1.165, 1.54) is 12.1 Å². The molecule has 0 aliphatic carbocycles. The third-order valence-corrected chi connectivity index (χ3v) is 4.75. The quantitative estimate of drug-likeness (QED) is 0.837. The van der Waals surface area contributed by atoms with Crippen molar-refractivity contribution in [2.45, 2.75) is 16.7 Å². The highest BCUT2D eigenvalue weighted by atomic mass is 32.2. The van der Waals surface area contributed by atoms with Gasteiger partial charge in [-0.2, -0.15) is 0 Å². The lowest BCUT2D eigenvalue weighted by atomic mass is 10.2. The van der Waals surface area contributed by atoms with Crippen LogP contribution in [0, 0.1) is 6.92 Å². The van der Waals surface area contributed by atoms with Crippen molar-refractivity contribution in [3.05, 3.63) is 24.0 Å². The summed E-state index contributed by atoms with van der Waals surface area (Å²) in [5.41, 5.74) is 0.260. The van der Waals surface area contributed by atoms with Crippen LogP contribution in [-0.2, 0) is 19.7 Å². The second-order valence-corrected chi connectivity index (χ2v) is 8.23. The number of benzene rings is 1. The molecule has 5 nitrogen and oxygen atoms in total. The lowest BCUT2D eigenvalue weighted by Gasteiger charge is -2.03. The van der Waals surface area contributed by atoms with Gasteiger partial charge in [-0.25, -0.2) is 16.8 Å². The van der Waals surface area contributed by atoms with Crippen molar-refractivity contribution in [1.29, 1.82) is 0 Å². The van der Waals surface area contributed by atoms with Crippen LogP contribution in [0.25, 0.3) is 11.0 Å². The molecule has 2 rings (SSSR count). The van der Waals surface area contributed by atoms with Crippen LogP contribution in [0.1, 0.15) is 5.76 Å². The molecule has 1 aromatic carbocycles. The maximum atomic E-state index is 11.7. The molecule has 0 fully saturated rings. The second-order valence-electron chi connectivity index (χ2n) is 4.23. The molecule has 0 radical (unpaired) electrons. The fourth-order valence-corrected chi connectivity index (χ4v) is 3.36. The standard InChI is InChI=1S/C11H12O5S2/c1-7-4-9-10(16-7)5-8(17(2,12)13)6-11(9)18(3,14)15/h4-6H,1-3H3. The van der Waals surface area contributed by atoms with Crippen LogP contribution >= 0.6 is 0 Å². The fourth-order valence-electron chi connectivity index (χ4n) is 1.73. The summed E-state index contributed by atoms with van der Waals surface area (Å²) in [6, 6.07) is 4.09. The van der Waals surface area contributed by atoms with Crippen LogP contribution in [0.5, 0.6) is 0 Å². The van der Waals surface area contributed by atoms with E-state index in [9.17, 15) is 16.8 Å². The van der Waals surface area contributed by atoms with Crippen molar-refractivity contribution in [1.82, 2.24) is 0 Å². The highest BCUT2D eigenvalue weighted by molar-refractivity contribution is 7.91. The number of furan rings is 1. The molecule has 0 aliphatic heterocycles. The predicted molar refractivity (Wildman–Crippen MR) is 67.2 cm³/mol. The molecule has 0 N–H and O–H groups in total. The minimum absolute atomic E-state index is 0.0303. The number of hydrogen-bond acceptors (Lipinski definition) is 5. The van der Waals surface area contributed by atoms with Gasteiger partial charge in [0.15, 0.2) is 19.7 Å². The first-order valence-electron chi connectivity index (χ1n) is 5.03. The van der Waals surface area contributed by atoms with Gasteiger partial charge >= 0.3 is 0 Å². The molecular formula is C11H12O5S2. The molecule has 1 heterocycles. The molecule has 98 valence electrons. The predicted octanol–water partition coefficient (Wildman–Crippen LogP) is 1.55. The summed E-state index contributed by atoms with van der Waals surface area (Å²) in [6.07, 6.45) is 2.06. The molecule has 0 unspecified atom stereocenters. The number of fused-ring (bicyclic) bond motifs is 1. The maximum absolute atomic E-state index is 11.7. The minimum Gasteiger partial charge on any atom is -0.461 e. The van der Waals surface area contributed by atoms with Crippen molar-refractivity contribution >= 4 is 30.6 Å². The maximum Gasteiger partial charge on any atom is 0.176 e. The van der Waals surface area contributed by atoms with Gasteiger partial charge in [0, 0.05) is 24.0 Å². The normalized spacial score (nSPS) is 13.1. The van der Waals surface area contributed by atoms with E-state index in [0.29, 0.717) is 11.1 Å². The SMILES string of the molecule is Cc1cc2c(S(C)(=O)=O)cc(S(C)(=O)=O)cc2o1. The van der Waals surface area contributed by atoms with Gasteiger partial charge < -0.3 is 4.42 Å². The summed E-state index contributed by atoms with van der Waals surface area (Å²) in [5, 5.41) is 0.405. The highest BCUT2D eigenvalue weighted by Gasteiger charge is 2.19. The van der Waals surface area contributed by atoms with Crippen LogP contribution in [0.3, 0.4) is 0 Å². The van der Waals surface area contributed by atoms with Crippen LogP contribution in [0.2, 0.25) is 0 Å². The van der Waals surface area contributed by atoms with Gasteiger partial charge in [-0.1, -0.05) is 0 Å². The Morgan fingerprint density at radius 1 is 0.944 bits per heavy atom. The van der Waals surface area contributed by atoms with E-state index < -0.39 is 19.7 Å². The van der Waals surface area contributed by atoms with Gasteiger partial charge in [-0.3, -0.25) is 0 Å². The highest BCUT2D eigenvalue weighted by Crippen LogP contribution is 2.29. The van der Waals surface area contributed by atoms with Crippen molar-refractivity contribution in [3.63, 3.8) is 0 Å². The monoisotopic (exact) mass is 288 g/mol. The van der Waals surface area contributed by atoms with Crippen LogP contribution in [0.15, 0.2) is 32.4 Å². The largest absolute Gasteiger partial charge is 0.461 e. The van der Waals surface area contributed by atoms with Gasteiger partial charge in [0.25, 0.3) is 0 Å². The number of rotatable bonds is 2. The molecule has 0 spiro atoms. The van der Waals surface area contributed by atoms with E-state index in [-0.39, 0.29) is 15.4 Å². The molecule has 2 aromatic rings. The summed E-state index contributed by atoms with van der Waals surface area (Å²) in [4.78, 5) is -0.0953. The molecule has 0 bridgehead atoms. The molecular weight excluding hydrogens is 276 g/mol. The Balaban J connectivity index is 2.99. The topological polar surface area (TPSA) is 81.4 Å². The van der Waals surface area contributed by atoms with E-state index >= 15 is 0 Å². The summed E-state index contributed by atoms with van der Waals surface area (Å²) in [5.74, 6) is 0.528. The number of aryl methyl sites for hydroxylation is 1. The fraction of sp³-hybridized carbons (Fsp3) is 0.273. The first kappa shape index (κ1) is 13.1. The Bertz CT molecular complexity index is 826. The molecule has 0 atom stereocenters. The summed E-state index contributed by atoms with van der Waals surface area (Å²) in [7, 11) is -7.02. The van der Waals surface area contributed by atoms with Gasteiger partial charge in [0.2, 0.25) is 0 Å². The van der Waals surface area contributed by atoms with Crippen molar-refractivity contribution in [3.8, 4) is 0 Å². The van der Waals surface area contributed by atoms with Gasteiger partial charge in [0.05, 0.1) is 9.79 Å². The number of hydrogen-bond donors (Lipinski definition) is 0. The van der Waals surface area contributed by atoms with Crippen LogP contribution < -0.4 is 0 Å². The second kappa shape index (κ2) is 3.83. The summed E-state index contributed by atoms with van der Waals surface area (Å²) in [6.45, 7) is 1.67. The van der Waals surface area contributed by atoms with E-state index in [1.54, 1.807) is 13.0 Å². The molecule has 7 heteroatoms. The molecule has 0 saturated heterocycles. The van der Waals surface area contributed by atoms with Gasteiger partial charge in [-0.05, 0) is 19.1 Å². The van der Waals surface area contributed by atoms with Gasteiger partial charge in [-0.15, -0.1) is 0 Å². The van der Waals surface area contributed by atoms with Crippen molar-refractivity contribution < 1.29 is 21.3 Å². The van der Waals surface area contributed by atoms with Crippen molar-refractivity contribution in [2.75, 3.05) is 12.5 Å². The first-order chi connectivity index (χ1) is 8.09. The molecule has 18 heavy (non-hydrogen) atoms. The number of sulfone groups is 2. The summed E-state index contributed by atoms with van der Waals surface area (Å²) < 4.78 is 51.8. The average molecular weight is 288 g/mol. The third-order valence-electron chi connectivity index (χ3n) is 2.52. The third kappa shape index (κ3) is 2.28. The molecule has 1 aromatic heterocycles. The lowest BCUT2D eigenvalue weighted by Crippen LogP contribution is -2.02. The first-order valence-corrected chi connectivity index (χ1v) is 8.81. The van der Waals surface area contributed by atoms with E-state index in [1.807, 2.05) is 0 Å². The Kier molecular flexibility index (Phi) is 2.78. The average Bonchev–Trinajstić information content (AvgIpc) is 2.52. The molecule has 0 saturated carbocycles. The summed E-state index contributed by atoms with van der Waals surface area (Å²) >= 11 is 0.